The van der Waals surface area contributed by atoms with Crippen LogP contribution in [0.3, 0.4) is 0 Å². The smallest absolute Gasteiger partial charge is 0.254 e. The predicted octanol–water partition coefficient (Wildman–Crippen LogP) is 2.92. The van der Waals surface area contributed by atoms with Crippen LogP contribution in [-0.2, 0) is 16.1 Å². The van der Waals surface area contributed by atoms with Crippen molar-refractivity contribution in [2.45, 2.75) is 11.4 Å². The number of benzene rings is 2. The highest BCUT2D eigenvalue weighted by Gasteiger charge is 2.16. The van der Waals surface area contributed by atoms with Gasteiger partial charge in [-0.05, 0) is 42.2 Å². The Hall–Kier alpha value is -3.06. The van der Waals surface area contributed by atoms with Crippen LogP contribution in [0.2, 0.25) is 0 Å². The number of thioether (sulfide) groups is 1. The molecule has 0 unspecified atom stereocenters. The lowest BCUT2D eigenvalue weighted by Crippen LogP contribution is -2.35. The molecule has 0 spiro atoms. The number of nitrogens with zero attached hydrogens (tertiary/aromatic N) is 1. The molecule has 0 saturated heterocycles. The number of anilines is 1. The fraction of sp³-hybridized carbons (Fsp3) is 0.190. The van der Waals surface area contributed by atoms with Crippen molar-refractivity contribution in [3.8, 4) is 0 Å². The molecule has 0 aliphatic carbocycles. The third-order valence-electron chi connectivity index (χ3n) is 3.96. The number of carbonyl (C=O) groups is 3. The molecule has 0 fully saturated rings. The molecule has 2 aromatic carbocycles. The zero-order valence-electron chi connectivity index (χ0n) is 15.9. The second kappa shape index (κ2) is 10.3. The van der Waals surface area contributed by atoms with E-state index >= 15 is 0 Å². The highest BCUT2D eigenvalue weighted by atomic mass is 32.2. The molecular weight excluding hydrogens is 374 g/mol. The number of nitrogens with one attached hydrogen (secondary N) is 2. The van der Waals surface area contributed by atoms with Crippen molar-refractivity contribution >= 4 is 35.2 Å². The van der Waals surface area contributed by atoms with Crippen molar-refractivity contribution in [3.63, 3.8) is 0 Å². The van der Waals surface area contributed by atoms with Crippen molar-refractivity contribution in [1.82, 2.24) is 10.2 Å². The summed E-state index contributed by atoms with van der Waals surface area (Å²) in [5, 5.41) is 5.51. The number of hydrogen-bond donors (Lipinski definition) is 2. The van der Waals surface area contributed by atoms with Crippen molar-refractivity contribution in [2.24, 2.45) is 0 Å². The Morgan fingerprint density at radius 1 is 1.11 bits per heavy atom. The van der Waals surface area contributed by atoms with Crippen molar-refractivity contribution in [1.29, 1.82) is 0 Å². The molecule has 0 aliphatic heterocycles. The van der Waals surface area contributed by atoms with Gasteiger partial charge in [-0.1, -0.05) is 30.8 Å². The van der Waals surface area contributed by atoms with Gasteiger partial charge in [-0.25, -0.2) is 0 Å². The molecular formula is C21H23N3O3S. The molecule has 0 bridgehead atoms. The van der Waals surface area contributed by atoms with E-state index in [4.69, 9.17) is 0 Å². The number of para-hydroxylation sites is 1. The summed E-state index contributed by atoms with van der Waals surface area (Å²) in [5.41, 5.74) is 2.06. The summed E-state index contributed by atoms with van der Waals surface area (Å²) in [4.78, 5) is 38.4. The van der Waals surface area contributed by atoms with Gasteiger partial charge in [-0.15, -0.1) is 11.8 Å². The SMILES string of the molecule is C=CC(=O)NCc1ccc(C(=O)N(C)CC(=O)Nc2ccccc2SC)cc1. The maximum Gasteiger partial charge on any atom is 0.254 e. The van der Waals surface area contributed by atoms with E-state index in [2.05, 4.69) is 17.2 Å². The topological polar surface area (TPSA) is 78.5 Å². The molecule has 0 atom stereocenters. The molecule has 7 heteroatoms. The summed E-state index contributed by atoms with van der Waals surface area (Å²) in [6.45, 7) is 3.69. The van der Waals surface area contributed by atoms with Crippen LogP contribution in [0.1, 0.15) is 15.9 Å². The first-order valence-corrected chi connectivity index (χ1v) is 9.84. The average molecular weight is 398 g/mol. The molecule has 2 aromatic rings. The molecule has 3 amide bonds. The first-order chi connectivity index (χ1) is 13.4. The van der Waals surface area contributed by atoms with Gasteiger partial charge >= 0.3 is 0 Å². The Labute approximate surface area is 169 Å². The molecule has 0 radical (unpaired) electrons. The fourth-order valence-corrected chi connectivity index (χ4v) is 3.03. The monoisotopic (exact) mass is 397 g/mol. The van der Waals surface area contributed by atoms with Crippen LogP contribution in [-0.4, -0.2) is 42.5 Å². The molecule has 0 aliphatic rings. The Morgan fingerprint density at radius 2 is 1.79 bits per heavy atom. The summed E-state index contributed by atoms with van der Waals surface area (Å²) in [6.07, 6.45) is 3.14. The number of amides is 3. The summed E-state index contributed by atoms with van der Waals surface area (Å²) < 4.78 is 0. The maximum atomic E-state index is 12.5. The summed E-state index contributed by atoms with van der Waals surface area (Å²) >= 11 is 1.54. The molecule has 2 N–H and O–H groups in total. The zero-order chi connectivity index (χ0) is 20.5. The molecule has 2 rings (SSSR count). The Bertz CT molecular complexity index is 865. The predicted molar refractivity (Wildman–Crippen MR) is 112 cm³/mol. The van der Waals surface area contributed by atoms with Gasteiger partial charge in [0.25, 0.3) is 5.91 Å². The van der Waals surface area contributed by atoms with Crippen LogP contribution in [0.15, 0.2) is 66.1 Å². The van der Waals surface area contributed by atoms with Gasteiger partial charge in [0.15, 0.2) is 0 Å². The van der Waals surface area contributed by atoms with Crippen LogP contribution in [0.4, 0.5) is 5.69 Å². The van der Waals surface area contributed by atoms with Crippen molar-refractivity contribution in [2.75, 3.05) is 25.2 Å². The van der Waals surface area contributed by atoms with Crippen molar-refractivity contribution in [3.05, 3.63) is 72.3 Å². The van der Waals surface area contributed by atoms with Crippen LogP contribution < -0.4 is 10.6 Å². The Morgan fingerprint density at radius 3 is 2.43 bits per heavy atom. The fourth-order valence-electron chi connectivity index (χ4n) is 2.47. The first kappa shape index (κ1) is 21.2. The maximum absolute atomic E-state index is 12.5. The van der Waals surface area contributed by atoms with Crippen LogP contribution in [0.25, 0.3) is 0 Å². The minimum atomic E-state index is -0.263. The Kier molecular flexibility index (Phi) is 7.83. The van der Waals surface area contributed by atoms with Crippen LogP contribution >= 0.6 is 11.8 Å². The lowest BCUT2D eigenvalue weighted by Gasteiger charge is -2.18. The second-order valence-electron chi connectivity index (χ2n) is 6.03. The quantitative estimate of drug-likeness (QED) is 0.530. The molecule has 28 heavy (non-hydrogen) atoms. The van der Waals surface area contributed by atoms with Gasteiger partial charge in [-0.2, -0.15) is 0 Å². The van der Waals surface area contributed by atoms with E-state index in [-0.39, 0.29) is 24.3 Å². The van der Waals surface area contributed by atoms with E-state index < -0.39 is 0 Å². The van der Waals surface area contributed by atoms with Crippen molar-refractivity contribution < 1.29 is 14.4 Å². The van der Waals surface area contributed by atoms with Crippen LogP contribution in [0.5, 0.6) is 0 Å². The summed E-state index contributed by atoms with van der Waals surface area (Å²) in [6, 6.07) is 14.4. The van der Waals surface area contributed by atoms with E-state index in [9.17, 15) is 14.4 Å². The largest absolute Gasteiger partial charge is 0.348 e. The van der Waals surface area contributed by atoms with E-state index in [1.807, 2.05) is 30.5 Å². The average Bonchev–Trinajstić information content (AvgIpc) is 2.72. The normalized spacial score (nSPS) is 10.1. The number of hydrogen-bond acceptors (Lipinski definition) is 4. The Balaban J connectivity index is 1.93. The molecule has 146 valence electrons. The van der Waals surface area contributed by atoms with E-state index in [0.29, 0.717) is 12.1 Å². The first-order valence-electron chi connectivity index (χ1n) is 8.62. The number of rotatable bonds is 8. The van der Waals surface area contributed by atoms with E-state index in [1.54, 1.807) is 43.1 Å². The third-order valence-corrected chi connectivity index (χ3v) is 4.76. The van der Waals surface area contributed by atoms with Crippen LogP contribution in [0, 0.1) is 0 Å². The highest BCUT2D eigenvalue weighted by molar-refractivity contribution is 7.98. The minimum Gasteiger partial charge on any atom is -0.348 e. The minimum absolute atomic E-state index is 0.0569. The van der Waals surface area contributed by atoms with Gasteiger partial charge in [0.05, 0.1) is 12.2 Å². The highest BCUT2D eigenvalue weighted by Crippen LogP contribution is 2.24. The lowest BCUT2D eigenvalue weighted by atomic mass is 10.1. The van der Waals surface area contributed by atoms with E-state index in [0.717, 1.165) is 16.1 Å². The lowest BCUT2D eigenvalue weighted by molar-refractivity contribution is -0.117. The molecule has 0 heterocycles. The zero-order valence-corrected chi connectivity index (χ0v) is 16.7. The van der Waals surface area contributed by atoms with Gasteiger partial charge in [0.2, 0.25) is 11.8 Å². The number of carbonyl (C=O) groups excluding carboxylic acids is 3. The number of likely N-dealkylation sites (N-methyl/N-ethyl adjacent to an activating group) is 1. The molecule has 6 nitrogen and oxygen atoms in total. The standard InChI is InChI=1S/C21H23N3O3S/c1-4-19(25)22-13-15-9-11-16(12-10-15)21(27)24(2)14-20(26)23-17-7-5-6-8-18(17)28-3/h4-12H,1,13-14H2,2-3H3,(H,22,25)(H,23,26). The van der Waals surface area contributed by atoms with Gasteiger partial charge in [0.1, 0.15) is 0 Å². The molecule has 0 aromatic heterocycles. The van der Waals surface area contributed by atoms with Gasteiger partial charge in [-0.3, -0.25) is 14.4 Å². The summed E-state index contributed by atoms with van der Waals surface area (Å²) in [5.74, 6) is -0.773. The van der Waals surface area contributed by atoms with Gasteiger partial charge < -0.3 is 15.5 Å². The third kappa shape index (κ3) is 5.99. The van der Waals surface area contributed by atoms with E-state index in [1.165, 1.54) is 11.0 Å². The molecule has 0 saturated carbocycles. The second-order valence-corrected chi connectivity index (χ2v) is 6.88. The summed E-state index contributed by atoms with van der Waals surface area (Å²) in [7, 11) is 1.58. The van der Waals surface area contributed by atoms with Gasteiger partial charge in [0, 0.05) is 24.1 Å².